The predicted octanol–water partition coefficient (Wildman–Crippen LogP) is 0.869. The van der Waals surface area contributed by atoms with Crippen LogP contribution < -0.4 is 11.3 Å². The molecule has 6 nitrogen and oxygen atoms in total. The summed E-state index contributed by atoms with van der Waals surface area (Å²) in [6.07, 6.45) is 4.03. The summed E-state index contributed by atoms with van der Waals surface area (Å²) in [6, 6.07) is 3.12. The van der Waals surface area contributed by atoms with Crippen molar-refractivity contribution in [3.8, 4) is 11.9 Å². The molecule has 96 valence electrons. The molecule has 0 amide bonds. The van der Waals surface area contributed by atoms with E-state index in [1.165, 1.54) is 10.8 Å². The summed E-state index contributed by atoms with van der Waals surface area (Å²) < 4.78 is 1.34. The first-order chi connectivity index (χ1) is 8.60. The van der Waals surface area contributed by atoms with Crippen LogP contribution in [-0.2, 0) is 7.05 Å². The van der Waals surface area contributed by atoms with Crippen LogP contribution in [0.25, 0.3) is 5.57 Å². The number of rotatable bonds is 5. The highest BCUT2D eigenvalue weighted by Gasteiger charge is 2.10. The molecule has 1 aromatic rings. The summed E-state index contributed by atoms with van der Waals surface area (Å²) in [4.78, 5) is 15.4. The summed E-state index contributed by atoms with van der Waals surface area (Å²) in [6.45, 7) is 0. The number of nitrogens with zero attached hydrogens (tertiary/aromatic N) is 3. The first-order valence-electron chi connectivity index (χ1n) is 5.65. The molecule has 3 N–H and O–H groups in total. The molecule has 0 bridgehead atoms. The standard InChI is InChI=1S/C12H16N4O2/c1-16-11(18)7-10(17)15-12(16)9(8-14)5-3-2-4-6-13/h7-8,17H,2-5,14H2,1H3. The zero-order chi connectivity index (χ0) is 13.5. The summed E-state index contributed by atoms with van der Waals surface area (Å²) in [7, 11) is 1.57. The van der Waals surface area contributed by atoms with Crippen molar-refractivity contribution in [2.24, 2.45) is 12.8 Å². The number of hydrogen-bond donors (Lipinski definition) is 2. The van der Waals surface area contributed by atoms with Gasteiger partial charge in [0.25, 0.3) is 5.56 Å². The molecule has 1 heterocycles. The lowest BCUT2D eigenvalue weighted by Gasteiger charge is -2.10. The van der Waals surface area contributed by atoms with Crippen molar-refractivity contribution in [3.63, 3.8) is 0 Å². The first-order valence-corrected chi connectivity index (χ1v) is 5.65. The third-order valence-corrected chi connectivity index (χ3v) is 2.59. The van der Waals surface area contributed by atoms with Crippen LogP contribution in [0, 0.1) is 11.3 Å². The average Bonchev–Trinajstić information content (AvgIpc) is 2.34. The van der Waals surface area contributed by atoms with Gasteiger partial charge in [0.15, 0.2) is 0 Å². The van der Waals surface area contributed by atoms with Crippen LogP contribution in [0.1, 0.15) is 31.5 Å². The SMILES string of the molecule is Cn1c(C(=CN)CCCCC#N)nc(O)cc1=O. The highest BCUT2D eigenvalue weighted by atomic mass is 16.3. The van der Waals surface area contributed by atoms with Gasteiger partial charge in [-0.1, -0.05) is 0 Å². The van der Waals surface area contributed by atoms with Crippen molar-refractivity contribution in [1.29, 1.82) is 5.26 Å². The Morgan fingerprint density at radius 3 is 3.00 bits per heavy atom. The molecule has 1 aromatic heterocycles. The fourth-order valence-electron chi connectivity index (χ4n) is 1.60. The number of aromatic hydroxyl groups is 1. The summed E-state index contributed by atoms with van der Waals surface area (Å²) in [5.41, 5.74) is 5.87. The van der Waals surface area contributed by atoms with Gasteiger partial charge in [-0.05, 0) is 19.3 Å². The minimum absolute atomic E-state index is 0.315. The quantitative estimate of drug-likeness (QED) is 0.752. The highest BCUT2D eigenvalue weighted by Crippen LogP contribution is 2.18. The largest absolute Gasteiger partial charge is 0.493 e. The third-order valence-electron chi connectivity index (χ3n) is 2.59. The van der Waals surface area contributed by atoms with E-state index in [9.17, 15) is 9.90 Å². The van der Waals surface area contributed by atoms with Gasteiger partial charge in [-0.25, -0.2) is 0 Å². The minimum atomic E-state index is -0.339. The molecule has 0 aliphatic carbocycles. The lowest BCUT2D eigenvalue weighted by atomic mass is 10.1. The Bertz CT molecular complexity index is 540. The second-order valence-electron chi connectivity index (χ2n) is 3.89. The van der Waals surface area contributed by atoms with Crippen LogP contribution in [0.2, 0.25) is 0 Å². The molecule has 0 radical (unpaired) electrons. The van der Waals surface area contributed by atoms with Crippen molar-refractivity contribution in [2.75, 3.05) is 0 Å². The van der Waals surface area contributed by atoms with E-state index in [0.29, 0.717) is 24.2 Å². The molecule has 0 aromatic carbocycles. The number of hydrogen-bond acceptors (Lipinski definition) is 5. The van der Waals surface area contributed by atoms with Crippen molar-refractivity contribution in [1.82, 2.24) is 9.55 Å². The maximum absolute atomic E-state index is 11.5. The predicted molar refractivity (Wildman–Crippen MR) is 67.4 cm³/mol. The van der Waals surface area contributed by atoms with Gasteiger partial charge in [0.05, 0.1) is 12.1 Å². The lowest BCUT2D eigenvalue weighted by Crippen LogP contribution is -2.20. The zero-order valence-electron chi connectivity index (χ0n) is 10.3. The van der Waals surface area contributed by atoms with Gasteiger partial charge in [-0.2, -0.15) is 10.2 Å². The van der Waals surface area contributed by atoms with Crippen molar-refractivity contribution < 1.29 is 5.11 Å². The van der Waals surface area contributed by atoms with E-state index in [1.54, 1.807) is 7.05 Å². The van der Waals surface area contributed by atoms with E-state index in [2.05, 4.69) is 11.1 Å². The second-order valence-corrected chi connectivity index (χ2v) is 3.89. The van der Waals surface area contributed by atoms with Gasteiger partial charge >= 0.3 is 0 Å². The monoisotopic (exact) mass is 248 g/mol. The molecule has 6 heteroatoms. The van der Waals surface area contributed by atoms with Crippen molar-refractivity contribution in [2.45, 2.75) is 25.7 Å². The molecule has 0 spiro atoms. The molecule has 18 heavy (non-hydrogen) atoms. The van der Waals surface area contributed by atoms with E-state index >= 15 is 0 Å². The van der Waals surface area contributed by atoms with E-state index in [0.717, 1.165) is 18.9 Å². The van der Waals surface area contributed by atoms with E-state index in [1.807, 2.05) is 0 Å². The van der Waals surface area contributed by atoms with Gasteiger partial charge in [0.2, 0.25) is 5.88 Å². The number of nitriles is 1. The lowest BCUT2D eigenvalue weighted by molar-refractivity contribution is 0.446. The van der Waals surface area contributed by atoms with Gasteiger partial charge in [-0.15, -0.1) is 0 Å². The Morgan fingerprint density at radius 1 is 1.67 bits per heavy atom. The Labute approximate surface area is 105 Å². The van der Waals surface area contributed by atoms with Gasteiger partial charge in [0.1, 0.15) is 5.82 Å². The minimum Gasteiger partial charge on any atom is -0.493 e. The van der Waals surface area contributed by atoms with Crippen LogP contribution in [0.15, 0.2) is 17.1 Å². The molecular formula is C12H16N4O2. The van der Waals surface area contributed by atoms with Crippen LogP contribution in [0.5, 0.6) is 5.88 Å². The normalized spacial score (nSPS) is 11.2. The van der Waals surface area contributed by atoms with Crippen LogP contribution >= 0.6 is 0 Å². The molecule has 0 fully saturated rings. The molecule has 0 unspecified atom stereocenters. The summed E-state index contributed by atoms with van der Waals surface area (Å²) in [5, 5.41) is 17.8. The van der Waals surface area contributed by atoms with Crippen molar-refractivity contribution >= 4 is 5.57 Å². The molecule has 0 atom stereocenters. The molecule has 0 saturated carbocycles. The maximum Gasteiger partial charge on any atom is 0.257 e. The first kappa shape index (κ1) is 13.8. The van der Waals surface area contributed by atoms with Gasteiger partial charge in [0, 0.05) is 25.2 Å². The zero-order valence-corrected chi connectivity index (χ0v) is 10.3. The smallest absolute Gasteiger partial charge is 0.257 e. The molecule has 0 aliphatic rings. The fraction of sp³-hybridized carbons (Fsp3) is 0.417. The van der Waals surface area contributed by atoms with E-state index < -0.39 is 0 Å². The van der Waals surface area contributed by atoms with Gasteiger partial charge in [-0.3, -0.25) is 9.36 Å². The summed E-state index contributed by atoms with van der Waals surface area (Å²) in [5.74, 6) is 0.0453. The van der Waals surface area contributed by atoms with Crippen LogP contribution in [0.3, 0.4) is 0 Å². The average molecular weight is 248 g/mol. The summed E-state index contributed by atoms with van der Waals surface area (Å²) >= 11 is 0. The Balaban J connectivity index is 2.90. The Kier molecular flexibility index (Phi) is 4.93. The van der Waals surface area contributed by atoms with E-state index in [4.69, 9.17) is 11.0 Å². The Hall–Kier alpha value is -2.29. The van der Waals surface area contributed by atoms with Crippen LogP contribution in [0.4, 0.5) is 0 Å². The topological polar surface area (TPSA) is 105 Å². The van der Waals surface area contributed by atoms with Gasteiger partial charge < -0.3 is 10.8 Å². The molecule has 0 saturated heterocycles. The molecule has 0 aliphatic heterocycles. The number of nitrogens with two attached hydrogens (primary N) is 1. The van der Waals surface area contributed by atoms with E-state index in [-0.39, 0.29) is 11.4 Å². The maximum atomic E-state index is 11.5. The van der Waals surface area contributed by atoms with Crippen LogP contribution in [-0.4, -0.2) is 14.7 Å². The Morgan fingerprint density at radius 2 is 2.39 bits per heavy atom. The highest BCUT2D eigenvalue weighted by molar-refractivity contribution is 5.59. The number of unbranched alkanes of at least 4 members (excludes halogenated alkanes) is 2. The van der Waals surface area contributed by atoms with Crippen molar-refractivity contribution in [3.05, 3.63) is 28.4 Å². The molecular weight excluding hydrogens is 232 g/mol. The number of allylic oxidation sites excluding steroid dienone is 1. The number of aromatic nitrogens is 2. The second kappa shape index (κ2) is 6.45. The fourth-order valence-corrected chi connectivity index (χ4v) is 1.60. The molecule has 1 rings (SSSR count). The third kappa shape index (κ3) is 3.35.